The second-order valence-corrected chi connectivity index (χ2v) is 4.05. The molecule has 0 saturated heterocycles. The Kier molecular flexibility index (Phi) is 4.25. The lowest BCUT2D eigenvalue weighted by molar-refractivity contribution is 0.460. The molecule has 0 unspecified atom stereocenters. The Labute approximate surface area is 107 Å². The van der Waals surface area contributed by atoms with Crippen LogP contribution >= 0.6 is 0 Å². The van der Waals surface area contributed by atoms with Crippen molar-refractivity contribution in [1.29, 1.82) is 0 Å². The van der Waals surface area contributed by atoms with Crippen LogP contribution in [-0.2, 0) is 13.0 Å². The molecule has 0 bridgehead atoms. The maximum absolute atomic E-state index is 5.67. The summed E-state index contributed by atoms with van der Waals surface area (Å²) in [5.74, 6) is 1.34. The van der Waals surface area contributed by atoms with Crippen LogP contribution in [0.2, 0.25) is 0 Å². The fourth-order valence-electron chi connectivity index (χ4n) is 1.64. The van der Waals surface area contributed by atoms with Crippen molar-refractivity contribution >= 4 is 0 Å². The predicted molar refractivity (Wildman–Crippen MR) is 70.4 cm³/mol. The van der Waals surface area contributed by atoms with E-state index in [9.17, 15) is 0 Å². The van der Waals surface area contributed by atoms with Gasteiger partial charge in [-0.15, -0.1) is 0 Å². The molecule has 0 atom stereocenters. The lowest BCUT2D eigenvalue weighted by Gasteiger charge is -2.06. The van der Waals surface area contributed by atoms with Crippen molar-refractivity contribution in [3.05, 3.63) is 47.9 Å². The highest BCUT2D eigenvalue weighted by atomic mass is 16.5. The second-order valence-electron chi connectivity index (χ2n) is 4.05. The number of aromatic nitrogens is 2. The first-order chi connectivity index (χ1) is 8.81. The van der Waals surface area contributed by atoms with Crippen LogP contribution in [0.5, 0.6) is 11.6 Å². The second kappa shape index (κ2) is 6.12. The molecule has 1 heterocycles. The van der Waals surface area contributed by atoms with E-state index in [0.29, 0.717) is 12.4 Å². The molecule has 0 aliphatic heterocycles. The van der Waals surface area contributed by atoms with Gasteiger partial charge in [0.25, 0.3) is 0 Å². The monoisotopic (exact) mass is 243 g/mol. The van der Waals surface area contributed by atoms with E-state index in [1.54, 1.807) is 0 Å². The third-order valence-corrected chi connectivity index (χ3v) is 2.59. The van der Waals surface area contributed by atoms with E-state index in [2.05, 4.69) is 16.9 Å². The van der Waals surface area contributed by atoms with Crippen molar-refractivity contribution in [2.75, 3.05) is 0 Å². The summed E-state index contributed by atoms with van der Waals surface area (Å²) >= 11 is 0. The summed E-state index contributed by atoms with van der Waals surface area (Å²) in [6.07, 6.45) is 3.53. The fraction of sp³-hybridized carbons (Fsp3) is 0.286. The van der Waals surface area contributed by atoms with Crippen molar-refractivity contribution < 1.29 is 4.74 Å². The van der Waals surface area contributed by atoms with Crippen molar-refractivity contribution in [3.63, 3.8) is 0 Å². The summed E-state index contributed by atoms with van der Waals surface area (Å²) in [5, 5.41) is 0. The lowest BCUT2D eigenvalue weighted by Crippen LogP contribution is -1.96. The molecule has 18 heavy (non-hydrogen) atoms. The number of hydrogen-bond donors (Lipinski definition) is 1. The molecule has 4 nitrogen and oxygen atoms in total. The highest BCUT2D eigenvalue weighted by Crippen LogP contribution is 2.20. The molecular formula is C14H17N3O. The average molecular weight is 243 g/mol. The summed E-state index contributed by atoms with van der Waals surface area (Å²) in [6, 6.07) is 9.56. The highest BCUT2D eigenvalue weighted by molar-refractivity contribution is 5.30. The standard InChI is InChI=1S/C14H17N3O/c1-2-3-12-8-14(17-10-16-12)18-13-6-4-11(9-15)5-7-13/h4-8,10H,2-3,9,15H2,1H3. The highest BCUT2D eigenvalue weighted by Gasteiger charge is 2.01. The van der Waals surface area contributed by atoms with E-state index in [-0.39, 0.29) is 0 Å². The smallest absolute Gasteiger partial charge is 0.222 e. The van der Waals surface area contributed by atoms with E-state index in [4.69, 9.17) is 10.5 Å². The number of ether oxygens (including phenoxy) is 1. The Bertz CT molecular complexity index is 497. The molecule has 2 N–H and O–H groups in total. The van der Waals surface area contributed by atoms with Crippen molar-refractivity contribution in [2.24, 2.45) is 5.73 Å². The number of hydrogen-bond acceptors (Lipinski definition) is 4. The van der Waals surface area contributed by atoms with Gasteiger partial charge in [-0.25, -0.2) is 9.97 Å². The van der Waals surface area contributed by atoms with E-state index in [0.717, 1.165) is 29.8 Å². The molecule has 0 radical (unpaired) electrons. The molecule has 0 aliphatic rings. The maximum Gasteiger partial charge on any atom is 0.222 e. The van der Waals surface area contributed by atoms with Crippen LogP contribution in [0.3, 0.4) is 0 Å². The third-order valence-electron chi connectivity index (χ3n) is 2.59. The summed E-state index contributed by atoms with van der Waals surface area (Å²) in [7, 11) is 0. The normalized spacial score (nSPS) is 10.3. The topological polar surface area (TPSA) is 61.0 Å². The molecule has 0 amide bonds. The Morgan fingerprint density at radius 3 is 2.61 bits per heavy atom. The zero-order chi connectivity index (χ0) is 12.8. The molecule has 2 rings (SSSR count). The van der Waals surface area contributed by atoms with E-state index < -0.39 is 0 Å². The number of nitrogens with zero attached hydrogens (tertiary/aromatic N) is 2. The molecular weight excluding hydrogens is 226 g/mol. The first-order valence-electron chi connectivity index (χ1n) is 6.09. The SMILES string of the molecule is CCCc1cc(Oc2ccc(CN)cc2)ncn1. The van der Waals surface area contributed by atoms with E-state index in [1.807, 2.05) is 30.3 Å². The predicted octanol–water partition coefficient (Wildman–Crippen LogP) is 2.68. The number of benzene rings is 1. The van der Waals surface area contributed by atoms with Gasteiger partial charge in [-0.1, -0.05) is 25.5 Å². The van der Waals surface area contributed by atoms with Gasteiger partial charge in [-0.2, -0.15) is 0 Å². The van der Waals surface area contributed by atoms with Crippen molar-refractivity contribution in [1.82, 2.24) is 9.97 Å². The summed E-state index contributed by atoms with van der Waals surface area (Å²) in [6.45, 7) is 2.66. The van der Waals surface area contributed by atoms with Gasteiger partial charge in [0.2, 0.25) is 5.88 Å². The minimum Gasteiger partial charge on any atom is -0.439 e. The van der Waals surface area contributed by atoms with Crippen molar-refractivity contribution in [2.45, 2.75) is 26.3 Å². The molecule has 0 saturated carbocycles. The Hall–Kier alpha value is -1.94. The number of aryl methyl sites for hydroxylation is 1. The van der Waals surface area contributed by atoms with Crippen LogP contribution in [0.25, 0.3) is 0 Å². The van der Waals surface area contributed by atoms with Crippen LogP contribution in [0.15, 0.2) is 36.7 Å². The van der Waals surface area contributed by atoms with Gasteiger partial charge in [-0.3, -0.25) is 0 Å². The van der Waals surface area contributed by atoms with Crippen LogP contribution in [0.4, 0.5) is 0 Å². The molecule has 94 valence electrons. The molecule has 4 heteroatoms. The molecule has 0 aliphatic carbocycles. The summed E-state index contributed by atoms with van der Waals surface area (Å²) in [4.78, 5) is 8.29. The quantitative estimate of drug-likeness (QED) is 0.877. The van der Waals surface area contributed by atoms with Gasteiger partial charge in [0.1, 0.15) is 12.1 Å². The number of rotatable bonds is 5. The zero-order valence-electron chi connectivity index (χ0n) is 10.5. The Morgan fingerprint density at radius 2 is 1.94 bits per heavy atom. The summed E-state index contributed by atoms with van der Waals surface area (Å²) < 4.78 is 5.67. The van der Waals surface area contributed by atoms with Crippen LogP contribution in [0.1, 0.15) is 24.6 Å². The Morgan fingerprint density at radius 1 is 1.17 bits per heavy atom. The minimum absolute atomic E-state index is 0.536. The van der Waals surface area contributed by atoms with E-state index >= 15 is 0 Å². The summed E-state index contributed by atoms with van der Waals surface area (Å²) in [5.41, 5.74) is 7.63. The van der Waals surface area contributed by atoms with Crippen LogP contribution < -0.4 is 10.5 Å². The third kappa shape index (κ3) is 3.28. The lowest BCUT2D eigenvalue weighted by atomic mass is 10.2. The number of nitrogens with two attached hydrogens (primary N) is 1. The van der Waals surface area contributed by atoms with Gasteiger partial charge < -0.3 is 10.5 Å². The van der Waals surface area contributed by atoms with Crippen LogP contribution in [0, 0.1) is 0 Å². The molecule has 1 aromatic heterocycles. The van der Waals surface area contributed by atoms with Crippen LogP contribution in [-0.4, -0.2) is 9.97 Å². The molecule has 2 aromatic rings. The minimum atomic E-state index is 0.536. The van der Waals surface area contributed by atoms with Gasteiger partial charge in [0.15, 0.2) is 0 Å². The largest absolute Gasteiger partial charge is 0.439 e. The fourth-order valence-corrected chi connectivity index (χ4v) is 1.64. The zero-order valence-corrected chi connectivity index (χ0v) is 10.5. The van der Waals surface area contributed by atoms with E-state index in [1.165, 1.54) is 6.33 Å². The molecule has 1 aromatic carbocycles. The maximum atomic E-state index is 5.67. The van der Waals surface area contributed by atoms with Gasteiger partial charge in [0.05, 0.1) is 0 Å². The first kappa shape index (κ1) is 12.5. The van der Waals surface area contributed by atoms with Gasteiger partial charge >= 0.3 is 0 Å². The molecule has 0 fully saturated rings. The van der Waals surface area contributed by atoms with Gasteiger partial charge in [-0.05, 0) is 24.1 Å². The average Bonchev–Trinajstić information content (AvgIpc) is 2.40. The first-order valence-corrected chi connectivity index (χ1v) is 6.09. The van der Waals surface area contributed by atoms with Gasteiger partial charge in [0, 0.05) is 18.3 Å². The Balaban J connectivity index is 2.09. The van der Waals surface area contributed by atoms with Crippen molar-refractivity contribution in [3.8, 4) is 11.6 Å². The molecule has 0 spiro atoms.